The summed E-state index contributed by atoms with van der Waals surface area (Å²) < 4.78 is 5.53. The fourth-order valence-corrected chi connectivity index (χ4v) is 4.24. The van der Waals surface area contributed by atoms with Crippen LogP contribution in [0.1, 0.15) is 123 Å². The summed E-state index contributed by atoms with van der Waals surface area (Å²) in [6.07, 6.45) is 22.2. The largest absolute Gasteiger partial charge is 0.377 e. The summed E-state index contributed by atoms with van der Waals surface area (Å²) in [7, 11) is 0. The second-order valence-electron chi connectivity index (χ2n) is 8.89. The molecule has 0 bridgehead atoms. The first-order chi connectivity index (χ1) is 14.3. The molecule has 0 aromatic rings. The van der Waals surface area contributed by atoms with Gasteiger partial charge in [0.1, 0.15) is 6.17 Å². The Labute approximate surface area is 181 Å². The van der Waals surface area contributed by atoms with Crippen LogP contribution in [-0.4, -0.2) is 43.3 Å². The molecule has 1 heterocycles. The molecule has 1 aliphatic heterocycles. The molecule has 4 nitrogen and oxygen atoms in total. The molecule has 0 spiro atoms. The van der Waals surface area contributed by atoms with Gasteiger partial charge in [-0.3, -0.25) is 9.69 Å². The average molecular weight is 411 g/mol. The summed E-state index contributed by atoms with van der Waals surface area (Å²) in [5.74, 6) is 0.191. The molecule has 4 heteroatoms. The van der Waals surface area contributed by atoms with Gasteiger partial charge in [-0.15, -0.1) is 0 Å². The van der Waals surface area contributed by atoms with Crippen molar-refractivity contribution in [2.45, 2.75) is 129 Å². The van der Waals surface area contributed by atoms with Gasteiger partial charge in [0.15, 0.2) is 0 Å². The van der Waals surface area contributed by atoms with E-state index in [0.717, 1.165) is 32.5 Å². The average Bonchev–Trinajstić information content (AvgIpc) is 2.72. The SMILES string of the molecule is CCCCCCCCCCCCCCCCCC(=O)NC1COCCN1CCC. The predicted molar refractivity (Wildman–Crippen MR) is 124 cm³/mol. The number of carbonyl (C=O) groups excluding carboxylic acids is 1. The summed E-state index contributed by atoms with van der Waals surface area (Å²) in [6.45, 7) is 7.84. The van der Waals surface area contributed by atoms with E-state index >= 15 is 0 Å². The summed E-state index contributed by atoms with van der Waals surface area (Å²) >= 11 is 0. The van der Waals surface area contributed by atoms with E-state index in [1.807, 2.05) is 0 Å². The van der Waals surface area contributed by atoms with Gasteiger partial charge >= 0.3 is 0 Å². The zero-order valence-corrected chi connectivity index (χ0v) is 19.7. The van der Waals surface area contributed by atoms with Crippen molar-refractivity contribution in [3.8, 4) is 0 Å². The van der Waals surface area contributed by atoms with Gasteiger partial charge in [-0.1, -0.05) is 104 Å². The van der Waals surface area contributed by atoms with Gasteiger partial charge in [0.25, 0.3) is 0 Å². The van der Waals surface area contributed by atoms with E-state index in [1.165, 1.54) is 89.9 Å². The minimum absolute atomic E-state index is 0.0764. The third kappa shape index (κ3) is 14.9. The molecule has 0 aromatic heterocycles. The monoisotopic (exact) mass is 410 g/mol. The van der Waals surface area contributed by atoms with Crippen LogP contribution < -0.4 is 5.32 Å². The van der Waals surface area contributed by atoms with Crippen LogP contribution in [0.15, 0.2) is 0 Å². The van der Waals surface area contributed by atoms with Crippen LogP contribution in [0.25, 0.3) is 0 Å². The normalized spacial score (nSPS) is 17.5. The van der Waals surface area contributed by atoms with Gasteiger partial charge in [-0.25, -0.2) is 0 Å². The third-order valence-corrected chi connectivity index (χ3v) is 6.09. The molecule has 1 fully saturated rings. The fourth-order valence-electron chi connectivity index (χ4n) is 4.24. The number of hydrogen-bond acceptors (Lipinski definition) is 3. The minimum atomic E-state index is 0.0764. The van der Waals surface area contributed by atoms with Crippen molar-refractivity contribution in [1.29, 1.82) is 0 Å². The molecular weight excluding hydrogens is 360 g/mol. The van der Waals surface area contributed by atoms with Crippen molar-refractivity contribution in [3.05, 3.63) is 0 Å². The van der Waals surface area contributed by atoms with Gasteiger partial charge < -0.3 is 10.1 Å². The van der Waals surface area contributed by atoms with E-state index in [4.69, 9.17) is 4.74 Å². The van der Waals surface area contributed by atoms with E-state index in [9.17, 15) is 4.79 Å². The molecule has 1 atom stereocenters. The maximum absolute atomic E-state index is 12.2. The zero-order valence-electron chi connectivity index (χ0n) is 19.7. The van der Waals surface area contributed by atoms with Crippen molar-refractivity contribution in [3.63, 3.8) is 0 Å². The molecular formula is C25H50N2O2. The Morgan fingerprint density at radius 3 is 1.83 bits per heavy atom. The van der Waals surface area contributed by atoms with Gasteiger partial charge in [0, 0.05) is 13.0 Å². The first-order valence-electron chi connectivity index (χ1n) is 12.9. The quantitative estimate of drug-likeness (QED) is 0.249. The molecule has 1 aliphatic rings. The number of morpholine rings is 1. The highest BCUT2D eigenvalue weighted by Crippen LogP contribution is 2.14. The van der Waals surface area contributed by atoms with Crippen LogP contribution in [0.2, 0.25) is 0 Å². The molecule has 1 N–H and O–H groups in total. The van der Waals surface area contributed by atoms with Crippen LogP contribution >= 0.6 is 0 Å². The van der Waals surface area contributed by atoms with Crippen LogP contribution in [0, 0.1) is 0 Å². The van der Waals surface area contributed by atoms with Gasteiger partial charge in [-0.2, -0.15) is 0 Å². The Bertz CT molecular complexity index is 374. The molecule has 172 valence electrons. The molecule has 0 aliphatic carbocycles. The van der Waals surface area contributed by atoms with E-state index in [0.29, 0.717) is 13.0 Å². The molecule has 0 saturated carbocycles. The van der Waals surface area contributed by atoms with E-state index in [2.05, 4.69) is 24.1 Å². The van der Waals surface area contributed by atoms with E-state index in [-0.39, 0.29) is 12.1 Å². The summed E-state index contributed by atoms with van der Waals surface area (Å²) in [5.41, 5.74) is 0. The lowest BCUT2D eigenvalue weighted by molar-refractivity contribution is -0.125. The Morgan fingerprint density at radius 1 is 0.793 bits per heavy atom. The Morgan fingerprint density at radius 2 is 1.31 bits per heavy atom. The summed E-state index contributed by atoms with van der Waals surface area (Å²) in [6, 6.07) is 0. The fraction of sp³-hybridized carbons (Fsp3) is 0.960. The van der Waals surface area contributed by atoms with Gasteiger partial charge in [-0.05, 0) is 19.4 Å². The lowest BCUT2D eigenvalue weighted by Gasteiger charge is -2.35. The summed E-state index contributed by atoms with van der Waals surface area (Å²) in [4.78, 5) is 14.5. The van der Waals surface area contributed by atoms with E-state index < -0.39 is 0 Å². The van der Waals surface area contributed by atoms with Gasteiger partial charge in [0.2, 0.25) is 5.91 Å². The van der Waals surface area contributed by atoms with Gasteiger partial charge in [0.05, 0.1) is 13.2 Å². The molecule has 0 aromatic carbocycles. The van der Waals surface area contributed by atoms with Crippen molar-refractivity contribution < 1.29 is 9.53 Å². The lowest BCUT2D eigenvalue weighted by Crippen LogP contribution is -2.55. The standard InChI is InChI=1S/C25H50N2O2/c1-3-5-6-7-8-9-10-11-12-13-14-15-16-17-18-19-25(28)26-24-23-29-22-21-27(24)20-4-2/h24H,3-23H2,1-2H3,(H,26,28). The molecule has 1 amide bonds. The number of carbonyl (C=O) groups is 1. The number of rotatable bonds is 19. The third-order valence-electron chi connectivity index (χ3n) is 6.09. The molecule has 1 rings (SSSR count). The molecule has 1 saturated heterocycles. The number of hydrogen-bond donors (Lipinski definition) is 1. The number of nitrogens with zero attached hydrogens (tertiary/aromatic N) is 1. The lowest BCUT2D eigenvalue weighted by atomic mass is 10.0. The number of ether oxygens (including phenoxy) is 1. The van der Waals surface area contributed by atoms with E-state index in [1.54, 1.807) is 0 Å². The maximum Gasteiger partial charge on any atom is 0.221 e. The molecule has 29 heavy (non-hydrogen) atoms. The highest BCUT2D eigenvalue weighted by molar-refractivity contribution is 5.76. The number of amides is 1. The van der Waals surface area contributed by atoms with Crippen molar-refractivity contribution in [1.82, 2.24) is 10.2 Å². The first kappa shape index (κ1) is 26.4. The van der Waals surface area contributed by atoms with Crippen LogP contribution in [-0.2, 0) is 9.53 Å². The second kappa shape index (κ2) is 19.4. The highest BCUT2D eigenvalue weighted by atomic mass is 16.5. The zero-order chi connectivity index (χ0) is 21.0. The Balaban J connectivity index is 1.85. The molecule has 1 unspecified atom stereocenters. The van der Waals surface area contributed by atoms with Crippen molar-refractivity contribution in [2.75, 3.05) is 26.3 Å². The maximum atomic E-state index is 12.2. The highest BCUT2D eigenvalue weighted by Gasteiger charge is 2.23. The molecule has 0 radical (unpaired) electrons. The summed E-state index contributed by atoms with van der Waals surface area (Å²) in [5, 5.41) is 3.17. The van der Waals surface area contributed by atoms with Crippen LogP contribution in [0.5, 0.6) is 0 Å². The topological polar surface area (TPSA) is 41.6 Å². The number of unbranched alkanes of at least 4 members (excludes halogenated alkanes) is 14. The van der Waals surface area contributed by atoms with Crippen molar-refractivity contribution in [2.24, 2.45) is 0 Å². The second-order valence-corrected chi connectivity index (χ2v) is 8.89. The van der Waals surface area contributed by atoms with Crippen LogP contribution in [0.4, 0.5) is 0 Å². The van der Waals surface area contributed by atoms with Crippen LogP contribution in [0.3, 0.4) is 0 Å². The Kier molecular flexibility index (Phi) is 17.6. The predicted octanol–water partition coefficient (Wildman–Crippen LogP) is 6.43. The Hall–Kier alpha value is -0.610. The minimum Gasteiger partial charge on any atom is -0.377 e. The first-order valence-corrected chi connectivity index (χ1v) is 12.9. The smallest absolute Gasteiger partial charge is 0.221 e. The number of nitrogens with one attached hydrogen (secondary N) is 1. The van der Waals surface area contributed by atoms with Crippen molar-refractivity contribution >= 4 is 5.91 Å².